The number of ether oxygens (including phenoxy) is 3. The molecular weight excluding hydrogens is 536 g/mol. The number of aliphatic hydroxyl groups is 1. The van der Waals surface area contributed by atoms with E-state index in [9.17, 15) is 13.5 Å². The Balaban J connectivity index is 1.02. The van der Waals surface area contributed by atoms with Gasteiger partial charge in [-0.15, -0.1) is 11.3 Å². The first-order valence-corrected chi connectivity index (χ1v) is 15.5. The topological polar surface area (TPSA) is 97.3 Å². The Morgan fingerprint density at radius 1 is 1.08 bits per heavy atom. The van der Waals surface area contributed by atoms with Gasteiger partial charge in [-0.25, -0.2) is 13.1 Å². The summed E-state index contributed by atoms with van der Waals surface area (Å²) in [6.07, 6.45) is 4.35. The number of hydrogen-bond donors (Lipinski definition) is 2. The predicted octanol–water partition coefficient (Wildman–Crippen LogP) is 4.83. The summed E-state index contributed by atoms with van der Waals surface area (Å²) >= 11 is 1.24. The number of nitrogens with zero attached hydrogens (tertiary/aromatic N) is 1. The maximum Gasteiger partial charge on any atom is 0.250 e. The fourth-order valence-corrected chi connectivity index (χ4v) is 7.21. The molecule has 2 aromatic carbocycles. The zero-order valence-electron chi connectivity index (χ0n) is 21.9. The van der Waals surface area contributed by atoms with Crippen LogP contribution in [0, 0.1) is 0 Å². The van der Waals surface area contributed by atoms with Crippen LogP contribution in [-0.4, -0.2) is 57.8 Å². The summed E-state index contributed by atoms with van der Waals surface area (Å²) in [5.74, 6) is 2.06. The Morgan fingerprint density at radius 2 is 1.85 bits per heavy atom. The van der Waals surface area contributed by atoms with Crippen LogP contribution in [0.1, 0.15) is 42.9 Å². The molecule has 1 saturated heterocycles. The number of benzene rings is 2. The van der Waals surface area contributed by atoms with Crippen LogP contribution in [0.5, 0.6) is 17.2 Å². The van der Waals surface area contributed by atoms with Crippen molar-refractivity contribution in [1.82, 2.24) is 9.62 Å². The Morgan fingerprint density at radius 3 is 2.56 bits per heavy atom. The van der Waals surface area contributed by atoms with Crippen molar-refractivity contribution in [2.75, 3.05) is 33.4 Å². The van der Waals surface area contributed by atoms with Gasteiger partial charge in [-0.05, 0) is 86.6 Å². The molecule has 0 amide bonds. The highest BCUT2D eigenvalue weighted by molar-refractivity contribution is 7.91. The van der Waals surface area contributed by atoms with E-state index >= 15 is 0 Å². The standard InChI is InChI=1S/C29H34N2O6S2/c1-35-23-8-6-21(7-9-23)26-20-37-27-19-24(10-11-25(27)29(26)32)36-17-3-2-14-31-15-12-22(13-16-31)30-39(33,34)28-5-4-18-38-28/h4-11,18-20,22,29-30,32H,2-3,12-17H2,1H3. The number of sulfonamides is 1. The normalized spacial score (nSPS) is 18.2. The first kappa shape index (κ1) is 27.7. The molecule has 2 aliphatic heterocycles. The number of piperidine rings is 1. The van der Waals surface area contributed by atoms with Crippen molar-refractivity contribution in [3.8, 4) is 17.2 Å². The van der Waals surface area contributed by atoms with E-state index in [2.05, 4.69) is 9.62 Å². The predicted molar refractivity (Wildman–Crippen MR) is 152 cm³/mol. The first-order chi connectivity index (χ1) is 18.9. The monoisotopic (exact) mass is 570 g/mol. The largest absolute Gasteiger partial charge is 0.497 e. The zero-order chi connectivity index (χ0) is 27.2. The van der Waals surface area contributed by atoms with E-state index in [1.807, 2.05) is 42.5 Å². The minimum atomic E-state index is -3.41. The lowest BCUT2D eigenvalue weighted by atomic mass is 9.94. The maximum absolute atomic E-state index is 12.4. The second-order valence-corrected chi connectivity index (χ2v) is 12.6. The smallest absolute Gasteiger partial charge is 0.250 e. The average Bonchev–Trinajstić information content (AvgIpc) is 3.51. The van der Waals surface area contributed by atoms with Gasteiger partial charge >= 0.3 is 0 Å². The lowest BCUT2D eigenvalue weighted by molar-refractivity contribution is 0.198. The van der Waals surface area contributed by atoms with Gasteiger partial charge in [-0.1, -0.05) is 18.2 Å². The van der Waals surface area contributed by atoms with Crippen LogP contribution >= 0.6 is 11.3 Å². The molecule has 3 heterocycles. The fourth-order valence-electron chi connectivity index (χ4n) is 4.90. The van der Waals surface area contributed by atoms with Gasteiger partial charge < -0.3 is 24.2 Å². The third-order valence-corrected chi connectivity index (χ3v) is 10.0. The maximum atomic E-state index is 12.4. The first-order valence-electron chi connectivity index (χ1n) is 13.2. The molecule has 0 spiro atoms. The molecule has 0 saturated carbocycles. The summed E-state index contributed by atoms with van der Waals surface area (Å²) in [5.41, 5.74) is 2.28. The summed E-state index contributed by atoms with van der Waals surface area (Å²) in [5, 5.41) is 12.7. The molecule has 3 aromatic rings. The van der Waals surface area contributed by atoms with E-state index in [0.29, 0.717) is 33.5 Å². The molecule has 1 atom stereocenters. The lowest BCUT2D eigenvalue weighted by Gasteiger charge is -2.32. The fraction of sp³-hybridized carbons (Fsp3) is 0.379. The number of fused-ring (bicyclic) bond motifs is 1. The number of unbranched alkanes of at least 4 members (excludes halogenated alkanes) is 1. The number of nitrogens with one attached hydrogen (secondary N) is 1. The highest BCUT2D eigenvalue weighted by atomic mass is 32.2. The van der Waals surface area contributed by atoms with Crippen molar-refractivity contribution in [3.63, 3.8) is 0 Å². The van der Waals surface area contributed by atoms with E-state index in [4.69, 9.17) is 14.2 Å². The van der Waals surface area contributed by atoms with Crippen LogP contribution in [-0.2, 0) is 10.0 Å². The summed E-state index contributed by atoms with van der Waals surface area (Å²) in [7, 11) is -1.79. The Hall–Kier alpha value is -2.89. The quantitative estimate of drug-likeness (QED) is 0.319. The summed E-state index contributed by atoms with van der Waals surface area (Å²) in [4.78, 5) is 2.39. The Labute approximate surface area is 233 Å². The van der Waals surface area contributed by atoms with Crippen LogP contribution in [0.15, 0.2) is 70.4 Å². The van der Waals surface area contributed by atoms with Crippen LogP contribution in [0.3, 0.4) is 0 Å². The molecule has 1 unspecified atom stereocenters. The van der Waals surface area contributed by atoms with Crippen molar-refractivity contribution in [1.29, 1.82) is 0 Å². The summed E-state index contributed by atoms with van der Waals surface area (Å²) in [6.45, 7) is 3.32. The molecule has 208 valence electrons. The molecule has 10 heteroatoms. The molecule has 0 aliphatic carbocycles. The van der Waals surface area contributed by atoms with Gasteiger partial charge in [0.05, 0.1) is 20.0 Å². The van der Waals surface area contributed by atoms with Crippen molar-refractivity contribution in [2.24, 2.45) is 0 Å². The van der Waals surface area contributed by atoms with Crippen LogP contribution in [0.2, 0.25) is 0 Å². The van der Waals surface area contributed by atoms with Crippen LogP contribution in [0.4, 0.5) is 0 Å². The van der Waals surface area contributed by atoms with E-state index in [0.717, 1.165) is 56.6 Å². The average molecular weight is 571 g/mol. The summed E-state index contributed by atoms with van der Waals surface area (Å²) < 4.78 is 45.1. The SMILES string of the molecule is COc1ccc(C2=COc3cc(OCCCCN4CCC(NS(=O)(=O)c5cccs5)CC4)ccc3C2O)cc1. The molecule has 5 rings (SSSR count). The Bertz CT molecular complexity index is 1370. The molecule has 0 radical (unpaired) electrons. The Kier molecular flexibility index (Phi) is 8.89. The van der Waals surface area contributed by atoms with Gasteiger partial charge in [0, 0.05) is 23.2 Å². The van der Waals surface area contributed by atoms with E-state index in [1.54, 1.807) is 30.9 Å². The van der Waals surface area contributed by atoms with Gasteiger partial charge in [0.15, 0.2) is 0 Å². The van der Waals surface area contributed by atoms with Gasteiger partial charge in [-0.2, -0.15) is 0 Å². The minimum absolute atomic E-state index is 0.0106. The van der Waals surface area contributed by atoms with E-state index in [-0.39, 0.29) is 6.04 Å². The van der Waals surface area contributed by atoms with Gasteiger partial charge in [-0.3, -0.25) is 0 Å². The number of thiophene rings is 1. The second kappa shape index (κ2) is 12.5. The minimum Gasteiger partial charge on any atom is -0.497 e. The molecule has 1 aromatic heterocycles. The zero-order valence-corrected chi connectivity index (χ0v) is 23.5. The van der Waals surface area contributed by atoms with Crippen LogP contribution in [0.25, 0.3) is 5.57 Å². The molecule has 8 nitrogen and oxygen atoms in total. The molecule has 39 heavy (non-hydrogen) atoms. The molecule has 1 fully saturated rings. The highest BCUT2D eigenvalue weighted by Gasteiger charge is 2.26. The van der Waals surface area contributed by atoms with E-state index < -0.39 is 16.1 Å². The van der Waals surface area contributed by atoms with Crippen molar-refractivity contribution in [2.45, 2.75) is 42.0 Å². The highest BCUT2D eigenvalue weighted by Crippen LogP contribution is 2.41. The summed E-state index contributed by atoms with van der Waals surface area (Å²) in [6, 6.07) is 16.4. The second-order valence-electron chi connectivity index (χ2n) is 9.75. The van der Waals surface area contributed by atoms with Crippen molar-refractivity contribution in [3.05, 3.63) is 77.4 Å². The third kappa shape index (κ3) is 6.82. The number of aliphatic hydroxyl groups excluding tert-OH is 1. The molecule has 0 bridgehead atoms. The number of hydrogen-bond acceptors (Lipinski definition) is 8. The van der Waals surface area contributed by atoms with Crippen molar-refractivity contribution < 1.29 is 27.7 Å². The third-order valence-electron chi connectivity index (χ3n) is 7.12. The molecule has 2 N–H and O–H groups in total. The van der Waals surface area contributed by atoms with Gasteiger partial charge in [0.2, 0.25) is 10.0 Å². The number of methoxy groups -OCH3 is 1. The van der Waals surface area contributed by atoms with E-state index in [1.165, 1.54) is 11.3 Å². The lowest BCUT2D eigenvalue weighted by Crippen LogP contribution is -2.44. The molecule has 2 aliphatic rings. The van der Waals surface area contributed by atoms with Gasteiger partial charge in [0.1, 0.15) is 27.6 Å². The molecular formula is C29H34N2O6S2. The van der Waals surface area contributed by atoms with Gasteiger partial charge in [0.25, 0.3) is 0 Å². The van der Waals surface area contributed by atoms with Crippen molar-refractivity contribution >= 4 is 26.9 Å². The van der Waals surface area contributed by atoms with Crippen LogP contribution < -0.4 is 18.9 Å². The number of likely N-dealkylation sites (tertiary alicyclic amines) is 1. The number of rotatable bonds is 11.